The van der Waals surface area contributed by atoms with Gasteiger partial charge < -0.3 is 14.5 Å². The van der Waals surface area contributed by atoms with Crippen LogP contribution in [0, 0.1) is 6.92 Å². The highest BCUT2D eigenvalue weighted by molar-refractivity contribution is 7.92. The van der Waals surface area contributed by atoms with Gasteiger partial charge in [-0.1, -0.05) is 54.1 Å². The van der Waals surface area contributed by atoms with Crippen LogP contribution in [0.15, 0.2) is 114 Å². The van der Waals surface area contributed by atoms with Gasteiger partial charge in [0.1, 0.15) is 18.0 Å². The fourth-order valence-electron chi connectivity index (χ4n) is 4.53. The van der Waals surface area contributed by atoms with Gasteiger partial charge in [-0.2, -0.15) is 0 Å². The number of para-hydroxylation sites is 2. The molecule has 0 bridgehead atoms. The number of hydrogen-bond donors (Lipinski definition) is 0. The summed E-state index contributed by atoms with van der Waals surface area (Å²) in [6, 6.07) is 32.9. The number of nitrogens with zero attached hydrogens (tertiary/aromatic N) is 3. The summed E-state index contributed by atoms with van der Waals surface area (Å²) in [6.45, 7) is 4.03. The summed E-state index contributed by atoms with van der Waals surface area (Å²) in [5.74, 6) is 1.02. The molecule has 1 aliphatic rings. The molecule has 0 saturated carbocycles. The first kappa shape index (κ1) is 26.3. The van der Waals surface area contributed by atoms with Gasteiger partial charge in [0.05, 0.1) is 10.6 Å². The van der Waals surface area contributed by atoms with Crippen LogP contribution < -0.4 is 13.9 Å². The van der Waals surface area contributed by atoms with E-state index in [0.29, 0.717) is 43.4 Å². The Morgan fingerprint density at radius 2 is 1.31 bits per heavy atom. The highest BCUT2D eigenvalue weighted by Crippen LogP contribution is 2.28. The predicted molar refractivity (Wildman–Crippen MR) is 154 cm³/mol. The van der Waals surface area contributed by atoms with E-state index in [4.69, 9.17) is 4.74 Å². The van der Waals surface area contributed by atoms with E-state index in [1.54, 1.807) is 53.4 Å². The van der Waals surface area contributed by atoms with Crippen molar-refractivity contribution in [2.24, 2.45) is 0 Å². The topological polar surface area (TPSA) is 70.2 Å². The first-order valence-electron chi connectivity index (χ1n) is 12.9. The Morgan fingerprint density at radius 3 is 1.92 bits per heavy atom. The second-order valence-corrected chi connectivity index (χ2v) is 11.3. The predicted octanol–water partition coefficient (Wildman–Crippen LogP) is 5.33. The number of carbonyl (C=O) groups is 1. The van der Waals surface area contributed by atoms with E-state index in [1.807, 2.05) is 55.5 Å². The minimum atomic E-state index is -4.00. The van der Waals surface area contributed by atoms with Gasteiger partial charge in [0.2, 0.25) is 5.91 Å². The van der Waals surface area contributed by atoms with Gasteiger partial charge in [0.25, 0.3) is 10.0 Å². The normalized spacial score (nSPS) is 13.7. The smallest absolute Gasteiger partial charge is 0.264 e. The van der Waals surface area contributed by atoms with E-state index in [0.717, 1.165) is 11.3 Å². The number of rotatable bonds is 8. The molecule has 0 spiro atoms. The van der Waals surface area contributed by atoms with Gasteiger partial charge in [-0.15, -0.1) is 0 Å². The molecule has 39 heavy (non-hydrogen) atoms. The molecule has 4 aromatic carbocycles. The number of anilines is 2. The molecule has 0 aromatic heterocycles. The first-order chi connectivity index (χ1) is 18.9. The van der Waals surface area contributed by atoms with E-state index in [-0.39, 0.29) is 17.3 Å². The lowest BCUT2D eigenvalue weighted by molar-refractivity contribution is -0.129. The van der Waals surface area contributed by atoms with Crippen LogP contribution in [0.2, 0.25) is 0 Å². The zero-order valence-electron chi connectivity index (χ0n) is 21.8. The fourth-order valence-corrected chi connectivity index (χ4v) is 5.95. The summed E-state index contributed by atoms with van der Waals surface area (Å²) in [4.78, 5) is 17.6. The quantitative estimate of drug-likeness (QED) is 0.302. The van der Waals surface area contributed by atoms with Gasteiger partial charge in [0.15, 0.2) is 0 Å². The molecular formula is C31H31N3O4S. The Labute approximate surface area is 229 Å². The molecule has 1 amide bonds. The van der Waals surface area contributed by atoms with Crippen LogP contribution in [0.4, 0.5) is 11.4 Å². The van der Waals surface area contributed by atoms with E-state index < -0.39 is 10.0 Å². The van der Waals surface area contributed by atoms with Crippen LogP contribution in [0.25, 0.3) is 0 Å². The maximum absolute atomic E-state index is 13.8. The van der Waals surface area contributed by atoms with Gasteiger partial charge >= 0.3 is 0 Å². The number of amides is 1. The maximum Gasteiger partial charge on any atom is 0.264 e. The van der Waals surface area contributed by atoms with Gasteiger partial charge in [-0.05, 0) is 67.6 Å². The molecule has 0 unspecified atom stereocenters. The summed E-state index contributed by atoms with van der Waals surface area (Å²) in [6.07, 6.45) is 0. The van der Waals surface area contributed by atoms with Crippen molar-refractivity contribution in [1.29, 1.82) is 0 Å². The van der Waals surface area contributed by atoms with Crippen molar-refractivity contribution in [1.82, 2.24) is 4.90 Å². The maximum atomic E-state index is 13.8. The molecule has 0 atom stereocenters. The number of piperazine rings is 1. The average Bonchev–Trinajstić information content (AvgIpc) is 2.97. The molecule has 200 valence electrons. The molecule has 0 radical (unpaired) electrons. The van der Waals surface area contributed by atoms with Crippen LogP contribution in [0.1, 0.15) is 5.56 Å². The van der Waals surface area contributed by atoms with Crippen molar-refractivity contribution in [2.45, 2.75) is 11.8 Å². The van der Waals surface area contributed by atoms with Crippen molar-refractivity contribution >= 4 is 27.3 Å². The molecule has 7 nitrogen and oxygen atoms in total. The third-order valence-electron chi connectivity index (χ3n) is 6.75. The lowest BCUT2D eigenvalue weighted by atomic mass is 10.2. The second-order valence-electron chi connectivity index (χ2n) is 9.44. The van der Waals surface area contributed by atoms with Gasteiger partial charge in [0, 0.05) is 31.9 Å². The van der Waals surface area contributed by atoms with Crippen molar-refractivity contribution in [3.63, 3.8) is 0 Å². The monoisotopic (exact) mass is 541 g/mol. The van der Waals surface area contributed by atoms with Crippen LogP contribution in [-0.2, 0) is 14.8 Å². The summed E-state index contributed by atoms with van der Waals surface area (Å²) < 4.78 is 34.6. The second kappa shape index (κ2) is 11.6. The molecule has 1 heterocycles. The average molecular weight is 542 g/mol. The summed E-state index contributed by atoms with van der Waals surface area (Å²) >= 11 is 0. The molecule has 4 aromatic rings. The molecule has 1 aliphatic heterocycles. The van der Waals surface area contributed by atoms with E-state index in [2.05, 4.69) is 17.0 Å². The number of benzene rings is 4. The highest BCUT2D eigenvalue weighted by atomic mass is 32.2. The molecule has 5 rings (SSSR count). The molecule has 1 fully saturated rings. The van der Waals surface area contributed by atoms with Crippen LogP contribution in [0.5, 0.6) is 11.5 Å². The van der Waals surface area contributed by atoms with E-state index in [1.165, 1.54) is 4.31 Å². The van der Waals surface area contributed by atoms with Crippen molar-refractivity contribution < 1.29 is 17.9 Å². The highest BCUT2D eigenvalue weighted by Gasteiger charge is 2.30. The van der Waals surface area contributed by atoms with E-state index >= 15 is 0 Å². The van der Waals surface area contributed by atoms with Crippen LogP contribution >= 0.6 is 0 Å². The van der Waals surface area contributed by atoms with Gasteiger partial charge in [-0.25, -0.2) is 8.42 Å². The standard InChI is InChI=1S/C31H31N3O4S/c1-25-12-18-30(19-13-25)39(36,37)34(27-14-16-29(17-15-27)38-28-10-6-3-7-11-28)24-31(35)33-22-20-32(21-23-33)26-8-4-2-5-9-26/h2-19H,20-24H2,1H3. The van der Waals surface area contributed by atoms with Crippen LogP contribution in [0.3, 0.4) is 0 Å². The van der Waals surface area contributed by atoms with Crippen LogP contribution in [-0.4, -0.2) is 51.9 Å². The SMILES string of the molecule is Cc1ccc(S(=O)(=O)N(CC(=O)N2CCN(c3ccccc3)CC2)c2ccc(Oc3ccccc3)cc2)cc1. The number of hydrogen-bond acceptors (Lipinski definition) is 5. The lowest BCUT2D eigenvalue weighted by Gasteiger charge is -2.37. The van der Waals surface area contributed by atoms with Crippen molar-refractivity contribution in [2.75, 3.05) is 41.9 Å². The fraction of sp³-hybridized carbons (Fsp3) is 0.194. The number of ether oxygens (including phenoxy) is 1. The number of sulfonamides is 1. The Morgan fingerprint density at radius 1 is 0.744 bits per heavy atom. The zero-order chi connectivity index (χ0) is 27.2. The van der Waals surface area contributed by atoms with Crippen molar-refractivity contribution in [3.8, 4) is 11.5 Å². The summed E-state index contributed by atoms with van der Waals surface area (Å²) in [7, 11) is -4.00. The van der Waals surface area contributed by atoms with Crippen molar-refractivity contribution in [3.05, 3.63) is 115 Å². The largest absolute Gasteiger partial charge is 0.457 e. The first-order valence-corrected chi connectivity index (χ1v) is 14.3. The molecule has 1 saturated heterocycles. The Balaban J connectivity index is 1.36. The van der Waals surface area contributed by atoms with Gasteiger partial charge in [-0.3, -0.25) is 9.10 Å². The number of aryl methyl sites for hydroxylation is 1. The minimum absolute atomic E-state index is 0.138. The molecule has 8 heteroatoms. The molecule has 0 N–H and O–H groups in total. The molecular weight excluding hydrogens is 510 g/mol. The minimum Gasteiger partial charge on any atom is -0.457 e. The number of carbonyl (C=O) groups excluding carboxylic acids is 1. The third kappa shape index (κ3) is 6.23. The summed E-state index contributed by atoms with van der Waals surface area (Å²) in [5, 5.41) is 0. The lowest BCUT2D eigenvalue weighted by Crippen LogP contribution is -2.52. The Bertz CT molecular complexity index is 1490. The Kier molecular flexibility index (Phi) is 7.84. The Hall–Kier alpha value is -4.30. The summed E-state index contributed by atoms with van der Waals surface area (Å²) in [5.41, 5.74) is 2.47. The van der Waals surface area contributed by atoms with E-state index in [9.17, 15) is 13.2 Å². The third-order valence-corrected chi connectivity index (χ3v) is 8.53. The zero-order valence-corrected chi connectivity index (χ0v) is 22.6. The molecule has 0 aliphatic carbocycles.